The van der Waals surface area contributed by atoms with Gasteiger partial charge in [0.05, 0.1) is 5.69 Å². The topological polar surface area (TPSA) is 73.2 Å². The van der Waals surface area contributed by atoms with Crippen molar-refractivity contribution in [2.45, 2.75) is 33.3 Å². The normalized spacial score (nSPS) is 11.7. The van der Waals surface area contributed by atoms with Crippen LogP contribution in [0, 0.1) is 19.7 Å². The molecule has 1 heterocycles. The van der Waals surface area contributed by atoms with E-state index in [4.69, 9.17) is 4.74 Å². The van der Waals surface area contributed by atoms with Gasteiger partial charge in [0, 0.05) is 17.8 Å². The van der Waals surface area contributed by atoms with E-state index in [0.717, 1.165) is 21.5 Å². The van der Waals surface area contributed by atoms with Crippen LogP contribution in [0.2, 0.25) is 0 Å². The van der Waals surface area contributed by atoms with Gasteiger partial charge < -0.3 is 10.1 Å². The number of aromatic nitrogens is 2. The average molecular weight is 395 g/mol. The Balaban J connectivity index is 1.81. The number of carbonyl (C=O) groups is 1. The van der Waals surface area contributed by atoms with E-state index in [1.165, 1.54) is 36.4 Å². The minimum absolute atomic E-state index is 0.122. The summed E-state index contributed by atoms with van der Waals surface area (Å²) >= 11 is 0. The quantitative estimate of drug-likeness (QED) is 0.689. The number of nitrogens with one attached hydrogen (secondary N) is 1. The Morgan fingerprint density at radius 3 is 2.55 bits per heavy atom. The number of nitrogens with zero attached hydrogens (tertiary/aromatic N) is 2. The fourth-order valence-electron chi connectivity index (χ4n) is 2.79. The molecule has 0 unspecified atom stereocenters. The lowest BCUT2D eigenvalue weighted by Crippen LogP contribution is -2.33. The molecule has 1 aromatic heterocycles. The molecule has 3 rings (SSSR count). The van der Waals surface area contributed by atoms with Crippen molar-refractivity contribution in [3.8, 4) is 11.6 Å². The number of rotatable bonds is 6. The molecule has 0 bridgehead atoms. The van der Waals surface area contributed by atoms with Gasteiger partial charge in [0.2, 0.25) is 5.88 Å². The maximum absolute atomic E-state index is 13.1. The van der Waals surface area contributed by atoms with Crippen molar-refractivity contribution in [1.29, 1.82) is 0 Å². The van der Waals surface area contributed by atoms with E-state index in [-0.39, 0.29) is 11.8 Å². The first-order chi connectivity index (χ1) is 13.9. The Labute approximate surface area is 168 Å². The number of benzene rings is 2. The Hall–Kier alpha value is -3.48. The van der Waals surface area contributed by atoms with E-state index in [1.54, 1.807) is 0 Å². The molecule has 1 amide bonds. The second-order valence-corrected chi connectivity index (χ2v) is 6.65. The summed E-state index contributed by atoms with van der Waals surface area (Å²) in [5.41, 5.74) is 2.79. The molecule has 0 aliphatic rings. The van der Waals surface area contributed by atoms with Gasteiger partial charge in [0.15, 0.2) is 6.10 Å². The van der Waals surface area contributed by atoms with Gasteiger partial charge >= 0.3 is 0 Å². The van der Waals surface area contributed by atoms with Gasteiger partial charge in [-0.15, -0.1) is 5.10 Å². The molecule has 150 valence electrons. The van der Waals surface area contributed by atoms with Crippen LogP contribution >= 0.6 is 0 Å². The molecular weight excluding hydrogens is 373 g/mol. The maximum Gasteiger partial charge on any atom is 0.271 e. The van der Waals surface area contributed by atoms with Crippen molar-refractivity contribution < 1.29 is 13.9 Å². The van der Waals surface area contributed by atoms with Crippen LogP contribution in [-0.2, 0) is 4.79 Å². The van der Waals surface area contributed by atoms with E-state index in [9.17, 15) is 14.0 Å². The van der Waals surface area contributed by atoms with Crippen molar-refractivity contribution >= 4 is 11.6 Å². The first kappa shape index (κ1) is 20.3. The van der Waals surface area contributed by atoms with Gasteiger partial charge in [-0.1, -0.05) is 19.1 Å². The minimum atomic E-state index is -0.790. The minimum Gasteiger partial charge on any atom is -0.463 e. The Morgan fingerprint density at radius 1 is 1.14 bits per heavy atom. The Kier molecular flexibility index (Phi) is 6.07. The van der Waals surface area contributed by atoms with Crippen LogP contribution < -0.4 is 15.6 Å². The van der Waals surface area contributed by atoms with Crippen LogP contribution in [0.3, 0.4) is 0 Å². The van der Waals surface area contributed by atoms with Crippen LogP contribution in [0.5, 0.6) is 5.88 Å². The Morgan fingerprint density at radius 2 is 1.86 bits per heavy atom. The van der Waals surface area contributed by atoms with Crippen molar-refractivity contribution in [1.82, 2.24) is 9.78 Å². The molecule has 1 atom stereocenters. The molecule has 1 N–H and O–H groups in total. The summed E-state index contributed by atoms with van der Waals surface area (Å²) < 4.78 is 20.0. The molecule has 7 heteroatoms. The zero-order chi connectivity index (χ0) is 21.0. The molecule has 0 saturated heterocycles. The molecule has 2 aromatic carbocycles. The highest BCUT2D eigenvalue weighted by molar-refractivity contribution is 5.95. The van der Waals surface area contributed by atoms with Gasteiger partial charge in [-0.25, -0.2) is 4.39 Å². The summed E-state index contributed by atoms with van der Waals surface area (Å²) in [5.74, 6) is -0.595. The summed E-state index contributed by atoms with van der Waals surface area (Å²) in [4.78, 5) is 24.8. The van der Waals surface area contributed by atoms with Crippen LogP contribution in [0.15, 0.2) is 59.4 Å². The van der Waals surface area contributed by atoms with E-state index < -0.39 is 17.5 Å². The smallest absolute Gasteiger partial charge is 0.271 e. The van der Waals surface area contributed by atoms with E-state index >= 15 is 0 Å². The summed E-state index contributed by atoms with van der Waals surface area (Å²) in [6.45, 7) is 5.73. The lowest BCUT2D eigenvalue weighted by Gasteiger charge is -2.18. The first-order valence-electron chi connectivity index (χ1n) is 9.29. The lowest BCUT2D eigenvalue weighted by atomic mass is 10.1. The number of hydrogen-bond acceptors (Lipinski definition) is 4. The molecule has 6 nitrogen and oxygen atoms in total. The third kappa shape index (κ3) is 4.68. The van der Waals surface area contributed by atoms with Gasteiger partial charge in [-0.2, -0.15) is 4.68 Å². The highest BCUT2D eigenvalue weighted by Gasteiger charge is 2.20. The summed E-state index contributed by atoms with van der Waals surface area (Å²) in [7, 11) is 0. The number of anilines is 1. The van der Waals surface area contributed by atoms with Gasteiger partial charge in [0.1, 0.15) is 5.82 Å². The zero-order valence-electron chi connectivity index (χ0n) is 16.5. The molecule has 0 saturated carbocycles. The fourth-order valence-corrected chi connectivity index (χ4v) is 2.79. The predicted octanol–water partition coefficient (Wildman–Crippen LogP) is 3.78. The van der Waals surface area contributed by atoms with Gasteiger partial charge in [0.25, 0.3) is 11.5 Å². The number of amides is 1. The molecule has 3 aromatic rings. The standard InChI is InChI=1S/C22H22FN3O3/c1-4-19(22(28)24-18-7-5-6-14(2)15(18)3)29-20-12-13-21(27)26(25-20)17-10-8-16(23)9-11-17/h5-13,19H,4H2,1-3H3,(H,24,28)/t19-/m0/s1. The van der Waals surface area contributed by atoms with Crippen LogP contribution in [0.25, 0.3) is 5.69 Å². The summed E-state index contributed by atoms with van der Waals surface area (Å²) in [5, 5.41) is 7.04. The van der Waals surface area contributed by atoms with E-state index in [1.807, 2.05) is 39.0 Å². The second-order valence-electron chi connectivity index (χ2n) is 6.65. The van der Waals surface area contributed by atoms with E-state index in [0.29, 0.717) is 12.1 Å². The largest absolute Gasteiger partial charge is 0.463 e. The summed E-state index contributed by atoms with van der Waals surface area (Å²) in [6.07, 6.45) is -0.379. The monoisotopic (exact) mass is 395 g/mol. The van der Waals surface area contributed by atoms with Gasteiger partial charge in [-0.3, -0.25) is 9.59 Å². The first-order valence-corrected chi connectivity index (χ1v) is 9.29. The lowest BCUT2D eigenvalue weighted by molar-refractivity contribution is -0.123. The zero-order valence-corrected chi connectivity index (χ0v) is 16.5. The summed E-state index contributed by atoms with van der Waals surface area (Å²) in [6, 6.07) is 13.8. The molecule has 0 aliphatic carbocycles. The number of hydrogen-bond donors (Lipinski definition) is 1. The molecular formula is C22H22FN3O3. The molecule has 0 fully saturated rings. The molecule has 29 heavy (non-hydrogen) atoms. The second kappa shape index (κ2) is 8.68. The predicted molar refractivity (Wildman–Crippen MR) is 109 cm³/mol. The average Bonchev–Trinajstić information content (AvgIpc) is 2.71. The molecule has 0 aliphatic heterocycles. The van der Waals surface area contributed by atoms with Gasteiger partial charge in [-0.05, 0) is 61.7 Å². The van der Waals surface area contributed by atoms with Crippen molar-refractivity contribution in [3.63, 3.8) is 0 Å². The number of carbonyl (C=O) groups excluding carboxylic acids is 1. The third-order valence-corrected chi connectivity index (χ3v) is 4.64. The third-order valence-electron chi connectivity index (χ3n) is 4.64. The maximum atomic E-state index is 13.1. The highest BCUT2D eigenvalue weighted by atomic mass is 19.1. The highest BCUT2D eigenvalue weighted by Crippen LogP contribution is 2.19. The number of halogens is 1. The molecule has 0 radical (unpaired) electrons. The SMILES string of the molecule is CC[C@H](Oc1ccc(=O)n(-c2ccc(F)cc2)n1)C(=O)Nc1cccc(C)c1C. The van der Waals surface area contributed by atoms with Crippen molar-refractivity contribution in [2.75, 3.05) is 5.32 Å². The van der Waals surface area contributed by atoms with Crippen LogP contribution in [0.1, 0.15) is 24.5 Å². The fraction of sp³-hybridized carbons (Fsp3) is 0.227. The van der Waals surface area contributed by atoms with Crippen molar-refractivity contribution in [2.24, 2.45) is 0 Å². The van der Waals surface area contributed by atoms with Crippen molar-refractivity contribution in [3.05, 3.63) is 81.9 Å². The number of ether oxygens (including phenoxy) is 1. The number of aryl methyl sites for hydroxylation is 1. The van der Waals surface area contributed by atoms with Crippen LogP contribution in [0.4, 0.5) is 10.1 Å². The van der Waals surface area contributed by atoms with E-state index in [2.05, 4.69) is 10.4 Å². The Bertz CT molecular complexity index is 1080. The van der Waals surface area contributed by atoms with Crippen LogP contribution in [-0.4, -0.2) is 21.8 Å². The molecule has 0 spiro atoms.